The molecular weight excluding hydrogens is 2690 g/mol. The smallest absolute Gasteiger partial charge is 0.574 e. The van der Waals surface area contributed by atoms with Gasteiger partial charge in [-0.25, -0.2) is 14.5 Å². The number of ketones is 1. The number of phenols is 2. The van der Waals surface area contributed by atoms with Crippen LogP contribution in [0.2, 0.25) is 0 Å². The summed E-state index contributed by atoms with van der Waals surface area (Å²) in [5.74, 6) is 1.58. The molecule has 129 heavy (non-hydrogen) atoms. The van der Waals surface area contributed by atoms with Gasteiger partial charge in [-0.15, -0.1) is 108 Å². The number of phenolic OH excluding ortho intramolecular Hbond substituents is 2. The number of allylic oxidation sites excluding steroid dienone is 2. The second kappa shape index (κ2) is 58.0. The van der Waals surface area contributed by atoms with E-state index in [1.54, 1.807) is 43.6 Å². The summed E-state index contributed by atoms with van der Waals surface area (Å²) in [6.07, 6.45) is 10.3. The minimum Gasteiger partial charge on any atom is -0.574 e. The molecule has 8 aromatic carbocycles. The summed E-state index contributed by atoms with van der Waals surface area (Å²) >= 11 is 0. The Morgan fingerprint density at radius 3 is 1.28 bits per heavy atom. The predicted molar refractivity (Wildman–Crippen MR) is 483 cm³/mol. The Hall–Kier alpha value is -12.6. The van der Waals surface area contributed by atoms with E-state index in [2.05, 4.69) is 158 Å². The van der Waals surface area contributed by atoms with Crippen LogP contribution in [-0.4, -0.2) is 89.8 Å². The molecule has 0 aliphatic rings. The van der Waals surface area contributed by atoms with Crippen molar-refractivity contribution in [2.45, 2.75) is 41.5 Å². The molecule has 0 aliphatic heterocycles. The summed E-state index contributed by atoms with van der Waals surface area (Å²) in [5.41, 5.74) is 18.9. The molecule has 27 heteroatoms. The van der Waals surface area contributed by atoms with Gasteiger partial charge in [0, 0.05) is 184 Å². The fourth-order valence-corrected chi connectivity index (χ4v) is 12.1. The summed E-state index contributed by atoms with van der Waals surface area (Å²) in [4.78, 5) is 60.7. The van der Waals surface area contributed by atoms with Gasteiger partial charge in [-0.1, -0.05) is 133 Å². The molecule has 0 aliphatic carbocycles. The van der Waals surface area contributed by atoms with Crippen LogP contribution in [0.1, 0.15) is 36.6 Å². The molecule has 0 atom stereocenters. The van der Waals surface area contributed by atoms with E-state index in [1.165, 1.54) is 52.4 Å². The van der Waals surface area contributed by atoms with Crippen LogP contribution in [0.15, 0.2) is 358 Å². The minimum absolute atomic E-state index is 0. The predicted octanol–water partition coefficient (Wildman–Crippen LogP) is 19.8. The standard InChI is InChI=1S/C22H16N2O2.C16H12N.2C15H10N.C10H11N3.C9H8N3.C8H7N4.C5H8O2.2CHO.3Ir.Os.2Pt/c25-21-13-3-1-7-15(21)17-9-5-11-19(23-17)20-12-6-10-18(24-20)16-8-2-4-14-22(16)26;1-12-6-5-9-16-14(12)10-11-15(17-16)13-7-3-2-4-8-13;2*1-2-7-13(8-3-1)15-14-9-5-4-6-12(14)10-11-16-15;1-8-7-9(12-11-8)10-5-3-4-6-13(10)2;1-7-6-9(12-11-7)8-4-2-3-5-10-8;1-6-10-8(12-11-6)7-4-2-3-5-9-7;1-4(6)3-5(2)7;2*1-2;;;;;;/h1-14,25-26H;2-7,9-11H,1H3;2*1-7,9-11H;3-7H,1-2H3;2-6H,1H3;2-5H,1H3;3,6H,1-2H3;2*1H;;;;;;/q;3*-1;;2*-1;;2*-1;;;;;;+2. The zero-order valence-electron chi connectivity index (χ0n) is 70.4. The van der Waals surface area contributed by atoms with Crippen LogP contribution in [0.4, 0.5) is 0 Å². The molecule has 19 aromatic rings. The third kappa shape index (κ3) is 32.9. The van der Waals surface area contributed by atoms with Crippen LogP contribution in [0, 0.1) is 45.9 Å². The molecule has 19 rings (SSSR count). The molecule has 0 unspecified atom stereocenters. The number of benzene rings is 8. The molecule has 21 nitrogen and oxygen atoms in total. The maximum atomic E-state index is 10.1. The van der Waals surface area contributed by atoms with Crippen molar-refractivity contribution >= 4 is 51.8 Å². The van der Waals surface area contributed by atoms with Gasteiger partial charge in [0.25, 0.3) is 0 Å². The Balaban J connectivity index is 0.000000311. The molecule has 3 radical (unpaired) electrons. The number of carbonyl (C=O) groups is 1. The van der Waals surface area contributed by atoms with E-state index in [1.807, 2.05) is 287 Å². The number of para-hydroxylation sites is 2. The summed E-state index contributed by atoms with van der Waals surface area (Å²) in [5, 5.41) is 58.1. The first-order valence-corrected chi connectivity index (χ1v) is 38.5. The third-order valence-electron chi connectivity index (χ3n) is 17.8. The first-order valence-electron chi connectivity index (χ1n) is 38.5. The molecule has 0 bridgehead atoms. The molecule has 0 saturated heterocycles. The maximum absolute atomic E-state index is 10.1. The van der Waals surface area contributed by atoms with Crippen molar-refractivity contribution in [1.29, 1.82) is 0 Å². The zero-order valence-corrected chi connectivity index (χ0v) is 84.7. The number of carbonyl (C=O) groups excluding carboxylic acids is 3. The van der Waals surface area contributed by atoms with Crippen molar-refractivity contribution in [1.82, 2.24) is 70.5 Å². The Labute approximate surface area is 832 Å². The summed E-state index contributed by atoms with van der Waals surface area (Å²) in [6.45, 7) is 17.1. The van der Waals surface area contributed by atoms with Crippen LogP contribution in [0.5, 0.6) is 11.5 Å². The van der Waals surface area contributed by atoms with E-state index >= 15 is 0 Å². The number of nitrogens with zero attached hydrogens (tertiary/aromatic N) is 15. The molecule has 11 aromatic heterocycles. The van der Waals surface area contributed by atoms with E-state index in [0.29, 0.717) is 45.6 Å². The molecule has 0 fully saturated rings. The minimum atomic E-state index is -0.125. The number of hydrogen-bond acceptors (Lipinski definition) is 17. The average Bonchev–Trinajstić information content (AvgIpc) is 1.81. The van der Waals surface area contributed by atoms with Gasteiger partial charge in [-0.2, -0.15) is 0 Å². The maximum Gasteiger partial charge on any atom is 2.00 e. The van der Waals surface area contributed by atoms with Crippen molar-refractivity contribution in [3.05, 3.63) is 399 Å². The van der Waals surface area contributed by atoms with Gasteiger partial charge < -0.3 is 65.4 Å². The van der Waals surface area contributed by atoms with Gasteiger partial charge in [0.2, 0.25) is 0 Å². The molecular formula is C102H84Ir3N15O6OsPt2-5. The van der Waals surface area contributed by atoms with Crippen molar-refractivity contribution in [2.75, 3.05) is 0 Å². The Morgan fingerprint density at radius 1 is 0.403 bits per heavy atom. The largest absolute Gasteiger partial charge is 2.00 e. The zero-order chi connectivity index (χ0) is 87.1. The van der Waals surface area contributed by atoms with Gasteiger partial charge in [-0.05, 0) is 200 Å². The summed E-state index contributed by atoms with van der Waals surface area (Å²) in [7, 11) is 2.00. The van der Waals surface area contributed by atoms with E-state index in [4.69, 9.17) is 14.7 Å². The number of pyridine rings is 8. The van der Waals surface area contributed by atoms with Crippen LogP contribution >= 0.6 is 0 Å². The molecule has 663 valence electrons. The van der Waals surface area contributed by atoms with Gasteiger partial charge in [0.15, 0.2) is 17.7 Å². The molecule has 11 heterocycles. The molecule has 3 N–H and O–H groups in total. The number of rotatable bonds is 10. The number of fused-ring (bicyclic) bond motifs is 3. The Bertz CT molecular complexity index is 6280. The Kier molecular flexibility index (Phi) is 48.9. The van der Waals surface area contributed by atoms with Crippen LogP contribution in [-0.2, 0) is 144 Å². The monoisotopic (exact) mass is 2780 g/mol. The van der Waals surface area contributed by atoms with E-state index in [0.717, 1.165) is 79.1 Å². The van der Waals surface area contributed by atoms with Gasteiger partial charge in [0.05, 0.1) is 39.7 Å². The van der Waals surface area contributed by atoms with Crippen molar-refractivity contribution < 1.29 is 157 Å². The van der Waals surface area contributed by atoms with Crippen LogP contribution in [0.3, 0.4) is 0 Å². The van der Waals surface area contributed by atoms with E-state index in [9.17, 15) is 15.0 Å². The quantitative estimate of drug-likeness (QED) is 0.0377. The third-order valence-corrected chi connectivity index (χ3v) is 17.8. The van der Waals surface area contributed by atoms with E-state index in [-0.39, 0.29) is 145 Å². The van der Waals surface area contributed by atoms with Crippen LogP contribution < -0.4 is 19.9 Å². The summed E-state index contributed by atoms with van der Waals surface area (Å²) < 4.78 is 2.03. The van der Waals surface area contributed by atoms with Gasteiger partial charge >= 0.3 is 21.1 Å². The van der Waals surface area contributed by atoms with Crippen molar-refractivity contribution in [2.24, 2.45) is 7.05 Å². The van der Waals surface area contributed by atoms with Gasteiger partial charge in [0.1, 0.15) is 18.5 Å². The fraction of sp³-hybridized carbons (Fsp3) is 0.0686. The number of hydrogen-bond donors (Lipinski definition) is 3. The SMILES string of the molecule is CC(=O)C=C(C)O.Cc1cc(-c2cccc[n+]2C)[n-]n1.Cc1cc(-c2ccccn2)[n-]n1.Cc1cccc2nc(-c3[c-]cccc3)ccc12.Cc1n[n-]c(-c2ccccn2)n1.Oc1ccccc1-c1cccc(-c2cccc(-c3ccccc3O)n2)n1.[CH-]=O.[CH-]=O.[Ir].[Ir].[Ir].[Os].[Pt+2].[Pt].[c-]1ccccc1-c1nccc2ccccc12.[c-]1ccccc1-c1nccc2ccccc12. The second-order valence-electron chi connectivity index (χ2n) is 26.7. The number of aromatic hydroxyl groups is 2. The van der Waals surface area contributed by atoms with E-state index < -0.39 is 0 Å². The normalized spacial score (nSPS) is 9.74. The van der Waals surface area contributed by atoms with Crippen molar-refractivity contribution in [3.8, 4) is 113 Å². The molecule has 0 amide bonds. The number of aryl methyl sites for hydroxylation is 5. The number of aliphatic hydroxyl groups excluding tert-OH is 1. The van der Waals surface area contributed by atoms with Crippen LogP contribution in [0.25, 0.3) is 134 Å². The van der Waals surface area contributed by atoms with Gasteiger partial charge in [-0.3, -0.25) is 38.4 Å². The Morgan fingerprint density at radius 2 is 0.845 bits per heavy atom. The number of aromatic nitrogens is 15. The topological polar surface area (TPSA) is 300 Å². The fourth-order valence-electron chi connectivity index (χ4n) is 12.1. The van der Waals surface area contributed by atoms with Crippen molar-refractivity contribution in [3.63, 3.8) is 0 Å². The summed E-state index contributed by atoms with van der Waals surface area (Å²) in [6, 6.07) is 111. The first-order chi connectivity index (χ1) is 60.1. The second-order valence-corrected chi connectivity index (χ2v) is 26.7. The first kappa shape index (κ1) is 109. The molecule has 0 saturated carbocycles. The average molecular weight is 2770 g/mol. The molecule has 0 spiro atoms. The number of aliphatic hydroxyl groups is 1.